The Kier molecular flexibility index (Phi) is 8.46. The van der Waals surface area contributed by atoms with Gasteiger partial charge in [0.05, 0.1) is 0 Å². The van der Waals surface area contributed by atoms with Crippen LogP contribution in [0.2, 0.25) is 0 Å². The van der Waals surface area contributed by atoms with E-state index in [-0.39, 0.29) is 0 Å². The molecule has 0 aliphatic carbocycles. The highest BCUT2D eigenvalue weighted by molar-refractivity contribution is 5.29. The first-order valence-electron chi connectivity index (χ1n) is 9.60. The topological polar surface area (TPSA) is 3.24 Å². The molecule has 1 atom stereocenters. The minimum absolute atomic E-state index is 0.571. The zero-order chi connectivity index (χ0) is 16.3. The molecule has 0 amide bonds. The van der Waals surface area contributed by atoms with Gasteiger partial charge in [-0.1, -0.05) is 82.4 Å². The smallest absolute Gasteiger partial charge is 0.0163 e. The number of hydrogen-bond donors (Lipinski definition) is 0. The molecule has 1 nitrogen and oxygen atoms in total. The SMILES string of the molecule is [CH2]CCCCCN1CC=CC(c2ccc(CCCCC)cc2)C1. The van der Waals surface area contributed by atoms with Crippen molar-refractivity contribution in [2.45, 2.75) is 64.2 Å². The zero-order valence-corrected chi connectivity index (χ0v) is 15.0. The molecular formula is C22H34N. The van der Waals surface area contributed by atoms with E-state index in [0.717, 1.165) is 13.0 Å². The summed E-state index contributed by atoms with van der Waals surface area (Å²) in [5.41, 5.74) is 2.97. The second kappa shape index (κ2) is 10.6. The molecule has 23 heavy (non-hydrogen) atoms. The van der Waals surface area contributed by atoms with Gasteiger partial charge in [-0.05, 0) is 36.9 Å². The van der Waals surface area contributed by atoms with Crippen LogP contribution >= 0.6 is 0 Å². The molecular weight excluding hydrogens is 278 g/mol. The van der Waals surface area contributed by atoms with Crippen LogP contribution in [0.25, 0.3) is 0 Å². The Morgan fingerprint density at radius 1 is 1.04 bits per heavy atom. The lowest BCUT2D eigenvalue weighted by Gasteiger charge is -2.29. The quantitative estimate of drug-likeness (QED) is 0.391. The fourth-order valence-corrected chi connectivity index (χ4v) is 3.39. The van der Waals surface area contributed by atoms with E-state index >= 15 is 0 Å². The first-order valence-corrected chi connectivity index (χ1v) is 9.60. The third-order valence-corrected chi connectivity index (χ3v) is 4.89. The Hall–Kier alpha value is -1.08. The summed E-state index contributed by atoms with van der Waals surface area (Å²) in [4.78, 5) is 2.60. The molecule has 1 heteroatoms. The Morgan fingerprint density at radius 3 is 2.61 bits per heavy atom. The van der Waals surface area contributed by atoms with Crippen LogP contribution in [0, 0.1) is 6.92 Å². The van der Waals surface area contributed by atoms with E-state index in [1.807, 2.05) is 0 Å². The second-order valence-corrected chi connectivity index (χ2v) is 6.91. The van der Waals surface area contributed by atoms with Crippen LogP contribution in [0.4, 0.5) is 0 Å². The lowest BCUT2D eigenvalue weighted by Crippen LogP contribution is -2.32. The second-order valence-electron chi connectivity index (χ2n) is 6.91. The molecule has 1 radical (unpaired) electrons. The molecule has 1 aromatic carbocycles. The van der Waals surface area contributed by atoms with Gasteiger partial charge in [0, 0.05) is 19.0 Å². The van der Waals surface area contributed by atoms with Crippen molar-refractivity contribution in [3.05, 3.63) is 54.5 Å². The molecule has 0 spiro atoms. The maximum atomic E-state index is 3.93. The summed E-state index contributed by atoms with van der Waals surface area (Å²) < 4.78 is 0. The van der Waals surface area contributed by atoms with Gasteiger partial charge in [0.15, 0.2) is 0 Å². The summed E-state index contributed by atoms with van der Waals surface area (Å²) in [6.07, 6.45) is 14.9. The molecule has 0 fully saturated rings. The van der Waals surface area contributed by atoms with Crippen molar-refractivity contribution in [3.8, 4) is 0 Å². The number of nitrogens with zero attached hydrogens (tertiary/aromatic N) is 1. The van der Waals surface area contributed by atoms with E-state index in [4.69, 9.17) is 0 Å². The summed E-state index contributed by atoms with van der Waals surface area (Å²) in [5.74, 6) is 0.571. The lowest BCUT2D eigenvalue weighted by atomic mass is 9.94. The van der Waals surface area contributed by atoms with Crippen molar-refractivity contribution in [2.75, 3.05) is 19.6 Å². The van der Waals surface area contributed by atoms with E-state index in [2.05, 4.69) is 55.2 Å². The Bertz CT molecular complexity index is 446. The third-order valence-electron chi connectivity index (χ3n) is 4.89. The molecule has 1 aliphatic rings. The van der Waals surface area contributed by atoms with Gasteiger partial charge in [-0.25, -0.2) is 0 Å². The maximum Gasteiger partial charge on any atom is 0.0163 e. The fraction of sp³-hybridized carbons (Fsp3) is 0.591. The largest absolute Gasteiger partial charge is 0.299 e. The minimum Gasteiger partial charge on any atom is -0.299 e. The summed E-state index contributed by atoms with van der Waals surface area (Å²) in [6.45, 7) is 9.72. The number of aryl methyl sites for hydroxylation is 1. The zero-order valence-electron chi connectivity index (χ0n) is 15.0. The predicted molar refractivity (Wildman–Crippen MR) is 102 cm³/mol. The third kappa shape index (κ3) is 6.51. The van der Waals surface area contributed by atoms with Gasteiger partial charge in [-0.15, -0.1) is 0 Å². The molecule has 0 aromatic heterocycles. The number of rotatable bonds is 10. The number of hydrogen-bond acceptors (Lipinski definition) is 1. The van der Waals surface area contributed by atoms with Gasteiger partial charge in [0.1, 0.15) is 0 Å². The molecule has 2 rings (SSSR count). The molecule has 127 valence electrons. The Balaban J connectivity index is 1.81. The van der Waals surface area contributed by atoms with Crippen LogP contribution in [0.5, 0.6) is 0 Å². The highest BCUT2D eigenvalue weighted by atomic mass is 15.1. The van der Waals surface area contributed by atoms with Crippen LogP contribution in [0.15, 0.2) is 36.4 Å². The standard InChI is InChI=1S/C22H34N/c1-3-5-7-9-17-23-18-10-12-22(19-23)21-15-13-20(14-16-21)11-8-6-4-2/h10,12-16,22H,1,3-9,11,17-19H2,2H3. The molecule has 1 heterocycles. The first-order chi connectivity index (χ1) is 11.3. The summed E-state index contributed by atoms with van der Waals surface area (Å²) in [7, 11) is 0. The maximum absolute atomic E-state index is 3.93. The van der Waals surface area contributed by atoms with Gasteiger partial charge in [-0.3, -0.25) is 4.90 Å². The average molecular weight is 313 g/mol. The molecule has 0 saturated heterocycles. The van der Waals surface area contributed by atoms with Crippen LogP contribution in [-0.2, 0) is 6.42 Å². The normalized spacial score (nSPS) is 18.4. The van der Waals surface area contributed by atoms with Crippen molar-refractivity contribution in [1.29, 1.82) is 0 Å². The molecule has 1 aromatic rings. The van der Waals surface area contributed by atoms with Gasteiger partial charge in [0.25, 0.3) is 0 Å². The number of benzene rings is 1. The van der Waals surface area contributed by atoms with Gasteiger partial charge >= 0.3 is 0 Å². The highest BCUT2D eigenvalue weighted by Crippen LogP contribution is 2.23. The Morgan fingerprint density at radius 2 is 1.87 bits per heavy atom. The van der Waals surface area contributed by atoms with E-state index in [0.29, 0.717) is 5.92 Å². The highest BCUT2D eigenvalue weighted by Gasteiger charge is 2.16. The van der Waals surface area contributed by atoms with E-state index in [1.165, 1.54) is 69.2 Å². The summed E-state index contributed by atoms with van der Waals surface area (Å²) in [5, 5.41) is 0. The summed E-state index contributed by atoms with van der Waals surface area (Å²) in [6, 6.07) is 9.38. The van der Waals surface area contributed by atoms with Crippen molar-refractivity contribution in [1.82, 2.24) is 4.90 Å². The van der Waals surface area contributed by atoms with Crippen LogP contribution < -0.4 is 0 Å². The average Bonchev–Trinajstić information content (AvgIpc) is 2.60. The van der Waals surface area contributed by atoms with Gasteiger partial charge in [0.2, 0.25) is 0 Å². The van der Waals surface area contributed by atoms with Crippen molar-refractivity contribution >= 4 is 0 Å². The lowest BCUT2D eigenvalue weighted by molar-refractivity contribution is 0.277. The van der Waals surface area contributed by atoms with Crippen LogP contribution in [0.1, 0.15) is 68.9 Å². The van der Waals surface area contributed by atoms with Crippen molar-refractivity contribution in [2.24, 2.45) is 0 Å². The van der Waals surface area contributed by atoms with E-state index < -0.39 is 0 Å². The molecule has 0 saturated carbocycles. The minimum atomic E-state index is 0.571. The van der Waals surface area contributed by atoms with Gasteiger partial charge in [-0.2, -0.15) is 0 Å². The fourth-order valence-electron chi connectivity index (χ4n) is 3.39. The molecule has 1 unspecified atom stereocenters. The predicted octanol–water partition coefficient (Wildman–Crippen LogP) is 5.77. The van der Waals surface area contributed by atoms with Gasteiger partial charge < -0.3 is 0 Å². The van der Waals surface area contributed by atoms with Crippen LogP contribution in [0.3, 0.4) is 0 Å². The molecule has 0 bridgehead atoms. The first kappa shape index (κ1) is 18.3. The van der Waals surface area contributed by atoms with E-state index in [9.17, 15) is 0 Å². The number of unbranched alkanes of at least 4 members (excludes halogenated alkanes) is 5. The van der Waals surface area contributed by atoms with Crippen LogP contribution in [-0.4, -0.2) is 24.5 Å². The molecule has 1 aliphatic heterocycles. The monoisotopic (exact) mass is 312 g/mol. The van der Waals surface area contributed by atoms with Crippen molar-refractivity contribution in [3.63, 3.8) is 0 Å². The van der Waals surface area contributed by atoms with E-state index in [1.54, 1.807) is 0 Å². The Labute approximate surface area is 143 Å². The summed E-state index contributed by atoms with van der Waals surface area (Å²) >= 11 is 0. The molecule has 0 N–H and O–H groups in total. The van der Waals surface area contributed by atoms with Crippen molar-refractivity contribution < 1.29 is 0 Å².